The number of urea groups is 1. The van der Waals surface area contributed by atoms with Gasteiger partial charge in [-0.05, 0) is 31.7 Å². The van der Waals surface area contributed by atoms with Crippen molar-refractivity contribution in [2.24, 2.45) is 0 Å². The van der Waals surface area contributed by atoms with Crippen LogP contribution in [0.25, 0.3) is 0 Å². The Bertz CT molecular complexity index is 346. The molecule has 1 aromatic rings. The summed E-state index contributed by atoms with van der Waals surface area (Å²) < 4.78 is 0. The van der Waals surface area contributed by atoms with Gasteiger partial charge in [-0.25, -0.2) is 4.79 Å². The lowest BCUT2D eigenvalue weighted by atomic mass is 10.0. The normalized spacial score (nSPS) is 11.3. The van der Waals surface area contributed by atoms with Gasteiger partial charge in [0.05, 0.1) is 5.54 Å². The van der Waals surface area contributed by atoms with Crippen LogP contribution >= 0.6 is 11.3 Å². The first-order chi connectivity index (χ1) is 7.97. The van der Waals surface area contributed by atoms with Gasteiger partial charge in [-0.2, -0.15) is 0 Å². The lowest BCUT2D eigenvalue weighted by Crippen LogP contribution is -2.47. The van der Waals surface area contributed by atoms with E-state index in [0.29, 0.717) is 0 Å². The molecule has 4 heteroatoms. The van der Waals surface area contributed by atoms with E-state index in [0.717, 1.165) is 19.4 Å². The van der Waals surface area contributed by atoms with Gasteiger partial charge in [0.25, 0.3) is 0 Å². The van der Waals surface area contributed by atoms with Crippen LogP contribution in [0.1, 0.15) is 38.5 Å². The van der Waals surface area contributed by atoms with Gasteiger partial charge in [0.15, 0.2) is 0 Å². The Hall–Kier alpha value is -1.03. The number of carbonyl (C=O) groups is 1. The molecule has 0 atom stereocenters. The second-order valence-electron chi connectivity index (χ2n) is 4.81. The molecule has 0 aliphatic heterocycles. The predicted octanol–water partition coefficient (Wildman–Crippen LogP) is 3.42. The first kappa shape index (κ1) is 14.0. The molecule has 0 unspecified atom stereocenters. The zero-order valence-corrected chi connectivity index (χ0v) is 11.9. The molecule has 17 heavy (non-hydrogen) atoms. The maximum Gasteiger partial charge on any atom is 0.317 e. The highest BCUT2D eigenvalue weighted by Gasteiger charge is 2.25. The fourth-order valence-corrected chi connectivity index (χ4v) is 2.36. The molecule has 0 saturated heterocycles. The summed E-state index contributed by atoms with van der Waals surface area (Å²) in [5, 5.41) is 5.10. The molecule has 0 aromatic carbocycles. The van der Waals surface area contributed by atoms with Crippen molar-refractivity contribution in [3.63, 3.8) is 0 Å². The van der Waals surface area contributed by atoms with Gasteiger partial charge in [0, 0.05) is 18.5 Å². The molecule has 0 aliphatic rings. The first-order valence-corrected chi connectivity index (χ1v) is 6.92. The van der Waals surface area contributed by atoms with Gasteiger partial charge < -0.3 is 10.2 Å². The van der Waals surface area contributed by atoms with Crippen LogP contribution in [-0.2, 0) is 5.54 Å². The zero-order valence-electron chi connectivity index (χ0n) is 11.1. The molecule has 0 spiro atoms. The number of thiophene rings is 1. The smallest absolute Gasteiger partial charge is 0.317 e. The number of unbranched alkanes of at least 4 members (excludes halogenated alkanes) is 1. The Morgan fingerprint density at radius 2 is 2.24 bits per heavy atom. The molecular weight excluding hydrogens is 232 g/mol. The monoisotopic (exact) mass is 254 g/mol. The van der Waals surface area contributed by atoms with Crippen molar-refractivity contribution in [3.8, 4) is 0 Å². The van der Waals surface area contributed by atoms with Gasteiger partial charge in [-0.15, -0.1) is 11.3 Å². The van der Waals surface area contributed by atoms with Crippen LogP contribution < -0.4 is 5.32 Å². The number of nitrogens with zero attached hydrogens (tertiary/aromatic N) is 1. The average Bonchev–Trinajstić information content (AvgIpc) is 2.79. The molecule has 0 radical (unpaired) electrons. The molecule has 2 amide bonds. The van der Waals surface area contributed by atoms with E-state index >= 15 is 0 Å². The van der Waals surface area contributed by atoms with Crippen molar-refractivity contribution in [3.05, 3.63) is 22.4 Å². The molecular formula is C13H22N2OS. The van der Waals surface area contributed by atoms with Crippen molar-refractivity contribution in [1.29, 1.82) is 0 Å². The fourth-order valence-electron chi connectivity index (χ4n) is 1.56. The van der Waals surface area contributed by atoms with Crippen LogP contribution in [0.15, 0.2) is 17.5 Å². The molecule has 0 saturated carbocycles. The van der Waals surface area contributed by atoms with Crippen molar-refractivity contribution in [2.75, 3.05) is 13.6 Å². The lowest BCUT2D eigenvalue weighted by Gasteiger charge is -2.28. The minimum atomic E-state index is -0.300. The molecule has 3 nitrogen and oxygen atoms in total. The first-order valence-electron chi connectivity index (χ1n) is 6.04. The highest BCUT2D eigenvalue weighted by molar-refractivity contribution is 7.10. The highest BCUT2D eigenvalue weighted by Crippen LogP contribution is 2.24. The summed E-state index contributed by atoms with van der Waals surface area (Å²) in [5.74, 6) is 0. The Balaban J connectivity index is 2.55. The van der Waals surface area contributed by atoms with Crippen LogP contribution in [0, 0.1) is 0 Å². The Morgan fingerprint density at radius 1 is 1.53 bits per heavy atom. The van der Waals surface area contributed by atoms with Gasteiger partial charge >= 0.3 is 6.03 Å². The molecule has 0 fully saturated rings. The summed E-state index contributed by atoms with van der Waals surface area (Å²) >= 11 is 1.67. The maximum atomic E-state index is 12.0. The van der Waals surface area contributed by atoms with Crippen LogP contribution in [0.5, 0.6) is 0 Å². The van der Waals surface area contributed by atoms with E-state index in [1.807, 2.05) is 32.3 Å². The third kappa shape index (κ3) is 4.04. The van der Waals surface area contributed by atoms with Crippen molar-refractivity contribution in [2.45, 2.75) is 39.2 Å². The van der Waals surface area contributed by atoms with Gasteiger partial charge in [-0.1, -0.05) is 19.4 Å². The van der Waals surface area contributed by atoms with Crippen LogP contribution in [0.2, 0.25) is 0 Å². The highest BCUT2D eigenvalue weighted by atomic mass is 32.1. The summed E-state index contributed by atoms with van der Waals surface area (Å²) in [6, 6.07) is 4.06. The van der Waals surface area contributed by atoms with E-state index in [2.05, 4.69) is 18.3 Å². The number of amides is 2. The lowest BCUT2D eigenvalue weighted by molar-refractivity contribution is 0.197. The third-order valence-corrected chi connectivity index (χ3v) is 3.94. The average molecular weight is 254 g/mol. The SMILES string of the molecule is CCCCN(C)C(=O)NC(C)(C)c1cccs1. The van der Waals surface area contributed by atoms with Crippen molar-refractivity contribution < 1.29 is 4.79 Å². The largest absolute Gasteiger partial charge is 0.328 e. The van der Waals surface area contributed by atoms with Crippen LogP contribution in [-0.4, -0.2) is 24.5 Å². The van der Waals surface area contributed by atoms with E-state index in [9.17, 15) is 4.79 Å². The van der Waals surface area contributed by atoms with E-state index in [-0.39, 0.29) is 11.6 Å². The van der Waals surface area contributed by atoms with Crippen LogP contribution in [0.3, 0.4) is 0 Å². The van der Waals surface area contributed by atoms with Crippen LogP contribution in [0.4, 0.5) is 4.79 Å². The number of carbonyl (C=O) groups excluding carboxylic acids is 1. The van der Waals surface area contributed by atoms with E-state index < -0.39 is 0 Å². The molecule has 0 aliphatic carbocycles. The molecule has 96 valence electrons. The van der Waals surface area contributed by atoms with E-state index in [1.54, 1.807) is 16.2 Å². The molecule has 1 rings (SSSR count). The number of rotatable bonds is 5. The van der Waals surface area contributed by atoms with Gasteiger partial charge in [0.2, 0.25) is 0 Å². The molecule has 0 bridgehead atoms. The second-order valence-corrected chi connectivity index (χ2v) is 5.76. The fraction of sp³-hybridized carbons (Fsp3) is 0.615. The number of hydrogen-bond acceptors (Lipinski definition) is 2. The third-order valence-electron chi connectivity index (χ3n) is 2.75. The molecule has 1 aromatic heterocycles. The predicted molar refractivity (Wildman–Crippen MR) is 73.4 cm³/mol. The standard InChI is InChI=1S/C13H22N2OS/c1-5-6-9-15(4)12(16)14-13(2,3)11-8-7-10-17-11/h7-8,10H,5-6,9H2,1-4H3,(H,14,16). The minimum Gasteiger partial charge on any atom is -0.328 e. The van der Waals surface area contributed by atoms with Gasteiger partial charge in [-0.3, -0.25) is 0 Å². The Labute approximate surface area is 108 Å². The van der Waals surface area contributed by atoms with E-state index in [4.69, 9.17) is 0 Å². The summed E-state index contributed by atoms with van der Waals surface area (Å²) in [6.45, 7) is 7.00. The molecule has 1 N–H and O–H groups in total. The summed E-state index contributed by atoms with van der Waals surface area (Å²) in [7, 11) is 1.84. The topological polar surface area (TPSA) is 32.3 Å². The summed E-state index contributed by atoms with van der Waals surface area (Å²) in [5.41, 5.74) is -0.300. The summed E-state index contributed by atoms with van der Waals surface area (Å²) in [6.07, 6.45) is 2.15. The zero-order chi connectivity index (χ0) is 12.9. The maximum absolute atomic E-state index is 12.0. The Morgan fingerprint density at radius 3 is 2.76 bits per heavy atom. The summed E-state index contributed by atoms with van der Waals surface area (Å²) in [4.78, 5) is 14.9. The second kappa shape index (κ2) is 6.05. The van der Waals surface area contributed by atoms with Crippen molar-refractivity contribution >= 4 is 17.4 Å². The Kier molecular flexibility index (Phi) is 5.00. The van der Waals surface area contributed by atoms with Crippen molar-refractivity contribution in [1.82, 2.24) is 10.2 Å². The quantitative estimate of drug-likeness (QED) is 0.858. The number of hydrogen-bond donors (Lipinski definition) is 1. The minimum absolute atomic E-state index is 0.00292. The van der Waals surface area contributed by atoms with Gasteiger partial charge in [0.1, 0.15) is 0 Å². The van der Waals surface area contributed by atoms with E-state index in [1.165, 1.54) is 4.88 Å². The molecule has 1 heterocycles. The number of nitrogens with one attached hydrogen (secondary N) is 1.